The summed E-state index contributed by atoms with van der Waals surface area (Å²) in [5, 5.41) is 0. The zero-order valence-electron chi connectivity index (χ0n) is 12.5. The number of aryl methyl sites for hydroxylation is 1. The summed E-state index contributed by atoms with van der Waals surface area (Å²) in [6.07, 6.45) is 0.917. The molecule has 0 atom stereocenters. The van der Waals surface area contributed by atoms with Crippen LogP contribution >= 0.6 is 0 Å². The Labute approximate surface area is 124 Å². The molecule has 5 heteroatoms. The number of carbonyl (C=O) groups is 3. The zero-order chi connectivity index (χ0) is 15.4. The van der Waals surface area contributed by atoms with Gasteiger partial charge in [-0.25, -0.2) is 0 Å². The highest BCUT2D eigenvalue weighted by molar-refractivity contribution is 6.35. The molecule has 21 heavy (non-hydrogen) atoms. The molecule has 0 aliphatic carbocycles. The third-order valence-electron chi connectivity index (χ3n) is 3.80. The summed E-state index contributed by atoms with van der Waals surface area (Å²) in [7, 11) is 0. The van der Waals surface area contributed by atoms with Crippen LogP contribution in [0.25, 0.3) is 0 Å². The SMILES string of the molecule is CCc1ccc(C(=O)CN2CCN(CC)C(=O)C2=O)cc1. The van der Waals surface area contributed by atoms with Crippen LogP contribution in [0.2, 0.25) is 0 Å². The first-order valence-electron chi connectivity index (χ1n) is 7.27. The standard InChI is InChI=1S/C16H20N2O3/c1-3-12-5-7-13(8-6-12)14(19)11-18-10-9-17(4-2)15(20)16(18)21/h5-8H,3-4,9-11H2,1-2H3. The first-order chi connectivity index (χ1) is 10.1. The first kappa shape index (κ1) is 15.2. The van der Waals surface area contributed by atoms with E-state index in [2.05, 4.69) is 0 Å². The normalized spacial score (nSPS) is 15.5. The molecule has 0 bridgehead atoms. The van der Waals surface area contributed by atoms with Crippen molar-refractivity contribution in [2.75, 3.05) is 26.2 Å². The van der Waals surface area contributed by atoms with Crippen molar-refractivity contribution in [3.8, 4) is 0 Å². The van der Waals surface area contributed by atoms with Gasteiger partial charge in [0.2, 0.25) is 0 Å². The molecule has 2 rings (SSSR count). The number of carbonyl (C=O) groups excluding carboxylic acids is 3. The first-order valence-corrected chi connectivity index (χ1v) is 7.27. The molecule has 2 amide bonds. The van der Waals surface area contributed by atoms with Crippen LogP contribution in [-0.4, -0.2) is 53.6 Å². The number of hydrogen-bond acceptors (Lipinski definition) is 3. The van der Waals surface area contributed by atoms with Crippen LogP contribution in [0.5, 0.6) is 0 Å². The molecule has 1 aromatic carbocycles. The third kappa shape index (κ3) is 3.29. The van der Waals surface area contributed by atoms with Crippen molar-refractivity contribution in [2.24, 2.45) is 0 Å². The number of hydrogen-bond donors (Lipinski definition) is 0. The summed E-state index contributed by atoms with van der Waals surface area (Å²) in [5.74, 6) is -1.23. The van der Waals surface area contributed by atoms with Crippen molar-refractivity contribution in [1.82, 2.24) is 9.80 Å². The smallest absolute Gasteiger partial charge is 0.312 e. The Morgan fingerprint density at radius 1 is 1.00 bits per heavy atom. The minimum atomic E-state index is -0.582. The van der Waals surface area contributed by atoms with E-state index in [1.165, 1.54) is 9.80 Å². The van der Waals surface area contributed by atoms with E-state index in [0.717, 1.165) is 12.0 Å². The van der Waals surface area contributed by atoms with Crippen LogP contribution in [-0.2, 0) is 16.0 Å². The van der Waals surface area contributed by atoms with Crippen LogP contribution in [0.4, 0.5) is 0 Å². The highest BCUT2D eigenvalue weighted by atomic mass is 16.2. The number of Topliss-reactive ketones (excluding diaryl/α,β-unsaturated/α-hetero) is 1. The van der Waals surface area contributed by atoms with E-state index < -0.39 is 11.8 Å². The monoisotopic (exact) mass is 288 g/mol. The van der Waals surface area contributed by atoms with Crippen molar-refractivity contribution >= 4 is 17.6 Å². The summed E-state index contributed by atoms with van der Waals surface area (Å²) >= 11 is 0. The third-order valence-corrected chi connectivity index (χ3v) is 3.80. The lowest BCUT2D eigenvalue weighted by atomic mass is 10.1. The molecule has 1 saturated heterocycles. The zero-order valence-corrected chi connectivity index (χ0v) is 12.5. The van der Waals surface area contributed by atoms with Crippen molar-refractivity contribution < 1.29 is 14.4 Å². The summed E-state index contributed by atoms with van der Waals surface area (Å²) in [6, 6.07) is 7.37. The molecule has 1 heterocycles. The Morgan fingerprint density at radius 3 is 2.14 bits per heavy atom. The van der Waals surface area contributed by atoms with Crippen LogP contribution in [0, 0.1) is 0 Å². The van der Waals surface area contributed by atoms with E-state index in [1.807, 2.05) is 26.0 Å². The second kappa shape index (κ2) is 6.52. The van der Waals surface area contributed by atoms with E-state index in [0.29, 0.717) is 25.2 Å². The maximum atomic E-state index is 12.2. The molecule has 1 aromatic rings. The van der Waals surface area contributed by atoms with Gasteiger partial charge in [0.1, 0.15) is 0 Å². The number of piperazine rings is 1. The number of benzene rings is 1. The summed E-state index contributed by atoms with van der Waals surface area (Å²) in [6.45, 7) is 5.27. The number of nitrogens with zero attached hydrogens (tertiary/aromatic N) is 2. The van der Waals surface area contributed by atoms with Gasteiger partial charge >= 0.3 is 11.8 Å². The van der Waals surface area contributed by atoms with Gasteiger partial charge in [0.05, 0.1) is 6.54 Å². The van der Waals surface area contributed by atoms with E-state index >= 15 is 0 Å². The lowest BCUT2D eigenvalue weighted by Crippen LogP contribution is -2.55. The Balaban J connectivity index is 2.02. The average Bonchev–Trinajstić information content (AvgIpc) is 2.52. The lowest BCUT2D eigenvalue weighted by molar-refractivity contribution is -0.155. The summed E-state index contributed by atoms with van der Waals surface area (Å²) in [4.78, 5) is 38.8. The second-order valence-corrected chi connectivity index (χ2v) is 5.09. The number of amides is 2. The second-order valence-electron chi connectivity index (χ2n) is 5.09. The molecular weight excluding hydrogens is 268 g/mol. The van der Waals surface area contributed by atoms with Crippen molar-refractivity contribution in [3.05, 3.63) is 35.4 Å². The molecule has 0 radical (unpaired) electrons. The molecule has 0 aromatic heterocycles. The van der Waals surface area contributed by atoms with Crippen molar-refractivity contribution in [2.45, 2.75) is 20.3 Å². The Kier molecular flexibility index (Phi) is 4.73. The minimum Gasteiger partial charge on any atom is -0.333 e. The predicted molar refractivity (Wildman–Crippen MR) is 79.0 cm³/mol. The minimum absolute atomic E-state index is 0.0341. The van der Waals surface area contributed by atoms with Gasteiger partial charge in [0, 0.05) is 25.2 Å². The topological polar surface area (TPSA) is 57.7 Å². The van der Waals surface area contributed by atoms with Gasteiger partial charge in [-0.2, -0.15) is 0 Å². The van der Waals surface area contributed by atoms with E-state index in [-0.39, 0.29) is 12.3 Å². The van der Waals surface area contributed by atoms with E-state index in [4.69, 9.17) is 0 Å². The molecule has 0 saturated carbocycles. The lowest BCUT2D eigenvalue weighted by Gasteiger charge is -2.32. The van der Waals surface area contributed by atoms with Crippen LogP contribution < -0.4 is 0 Å². The average molecular weight is 288 g/mol. The number of rotatable bonds is 5. The fraction of sp³-hybridized carbons (Fsp3) is 0.438. The molecule has 0 spiro atoms. The molecule has 1 aliphatic rings. The van der Waals surface area contributed by atoms with Crippen LogP contribution in [0.3, 0.4) is 0 Å². The predicted octanol–water partition coefficient (Wildman–Crippen LogP) is 1.12. The largest absolute Gasteiger partial charge is 0.333 e. The van der Waals surface area contributed by atoms with Gasteiger partial charge < -0.3 is 9.80 Å². The van der Waals surface area contributed by atoms with Gasteiger partial charge in [0.15, 0.2) is 5.78 Å². The maximum Gasteiger partial charge on any atom is 0.312 e. The maximum absolute atomic E-state index is 12.2. The van der Waals surface area contributed by atoms with Crippen molar-refractivity contribution in [1.29, 1.82) is 0 Å². The molecule has 0 N–H and O–H groups in total. The van der Waals surface area contributed by atoms with E-state index in [9.17, 15) is 14.4 Å². The van der Waals surface area contributed by atoms with E-state index in [1.54, 1.807) is 12.1 Å². The fourth-order valence-electron chi connectivity index (χ4n) is 2.36. The molecule has 5 nitrogen and oxygen atoms in total. The number of ketones is 1. The van der Waals surface area contributed by atoms with Crippen LogP contribution in [0.15, 0.2) is 24.3 Å². The van der Waals surface area contributed by atoms with Crippen molar-refractivity contribution in [3.63, 3.8) is 0 Å². The number of likely N-dealkylation sites (N-methyl/N-ethyl adjacent to an activating group) is 1. The molecular formula is C16H20N2O3. The van der Waals surface area contributed by atoms with Gasteiger partial charge in [-0.3, -0.25) is 14.4 Å². The van der Waals surface area contributed by atoms with Crippen LogP contribution in [0.1, 0.15) is 29.8 Å². The quantitative estimate of drug-likeness (QED) is 0.602. The Hall–Kier alpha value is -2.17. The summed E-state index contributed by atoms with van der Waals surface area (Å²) < 4.78 is 0. The van der Waals surface area contributed by atoms with Gasteiger partial charge in [-0.15, -0.1) is 0 Å². The van der Waals surface area contributed by atoms with Gasteiger partial charge in [-0.1, -0.05) is 31.2 Å². The highest BCUT2D eigenvalue weighted by Crippen LogP contribution is 2.09. The summed E-state index contributed by atoms with van der Waals surface area (Å²) in [5.41, 5.74) is 1.74. The molecule has 1 aliphatic heterocycles. The van der Waals surface area contributed by atoms with Gasteiger partial charge in [0.25, 0.3) is 0 Å². The molecule has 0 unspecified atom stereocenters. The Morgan fingerprint density at radius 2 is 1.57 bits per heavy atom. The Bertz CT molecular complexity index is 551. The fourth-order valence-corrected chi connectivity index (χ4v) is 2.36. The molecule has 112 valence electrons. The van der Waals surface area contributed by atoms with Gasteiger partial charge in [-0.05, 0) is 18.9 Å². The highest BCUT2D eigenvalue weighted by Gasteiger charge is 2.32. The molecule has 1 fully saturated rings.